The molecule has 1 aromatic carbocycles. The van der Waals surface area contributed by atoms with E-state index in [9.17, 15) is 9.59 Å². The van der Waals surface area contributed by atoms with Crippen molar-refractivity contribution in [3.63, 3.8) is 0 Å². The number of nitrogens with one attached hydrogen (secondary N) is 1. The van der Waals surface area contributed by atoms with Gasteiger partial charge in [0, 0.05) is 13.1 Å². The second kappa shape index (κ2) is 8.32. The van der Waals surface area contributed by atoms with Gasteiger partial charge in [0.1, 0.15) is 0 Å². The SMILES string of the molecule is O=C1NC[C@H](c2ccccc2)N(CCCCC2CCCCC2)C1=O. The summed E-state index contributed by atoms with van der Waals surface area (Å²) in [6.07, 6.45) is 10.3. The second-order valence-corrected chi connectivity index (χ2v) is 7.13. The van der Waals surface area contributed by atoms with Crippen molar-refractivity contribution < 1.29 is 9.59 Å². The first-order valence-electron chi connectivity index (χ1n) is 9.39. The molecule has 2 fully saturated rings. The van der Waals surface area contributed by atoms with Crippen molar-refractivity contribution >= 4 is 11.8 Å². The molecule has 1 heterocycles. The highest BCUT2D eigenvalue weighted by molar-refractivity contribution is 6.35. The number of hydrogen-bond acceptors (Lipinski definition) is 2. The van der Waals surface area contributed by atoms with Gasteiger partial charge in [0.15, 0.2) is 0 Å². The lowest BCUT2D eigenvalue weighted by Gasteiger charge is -2.35. The average molecular weight is 328 g/mol. The van der Waals surface area contributed by atoms with Crippen LogP contribution in [-0.2, 0) is 9.59 Å². The maximum Gasteiger partial charge on any atom is 0.312 e. The van der Waals surface area contributed by atoms with Crippen LogP contribution in [0.2, 0.25) is 0 Å². The fourth-order valence-corrected chi connectivity index (χ4v) is 4.07. The summed E-state index contributed by atoms with van der Waals surface area (Å²) in [5.41, 5.74) is 1.10. The Morgan fingerprint density at radius 2 is 1.75 bits per heavy atom. The van der Waals surface area contributed by atoms with Crippen molar-refractivity contribution in [2.45, 2.75) is 57.4 Å². The Hall–Kier alpha value is -1.84. The zero-order chi connectivity index (χ0) is 16.8. The Balaban J connectivity index is 1.55. The number of rotatable bonds is 6. The monoisotopic (exact) mass is 328 g/mol. The summed E-state index contributed by atoms with van der Waals surface area (Å²) >= 11 is 0. The van der Waals surface area contributed by atoms with Gasteiger partial charge in [-0.05, 0) is 17.9 Å². The minimum atomic E-state index is -0.463. The van der Waals surface area contributed by atoms with Crippen LogP contribution in [0.4, 0.5) is 0 Å². The molecular formula is C20H28N2O2. The number of piperazine rings is 1. The number of carbonyl (C=O) groups excluding carboxylic acids is 2. The Morgan fingerprint density at radius 3 is 2.50 bits per heavy atom. The van der Waals surface area contributed by atoms with E-state index in [0.717, 1.165) is 24.3 Å². The molecule has 0 aromatic heterocycles. The van der Waals surface area contributed by atoms with Crippen molar-refractivity contribution in [3.05, 3.63) is 35.9 Å². The van der Waals surface area contributed by atoms with Gasteiger partial charge in [0.25, 0.3) is 0 Å². The largest absolute Gasteiger partial charge is 0.345 e. The van der Waals surface area contributed by atoms with Gasteiger partial charge in [-0.25, -0.2) is 0 Å². The smallest absolute Gasteiger partial charge is 0.312 e. The van der Waals surface area contributed by atoms with Crippen molar-refractivity contribution in [1.29, 1.82) is 0 Å². The number of amides is 2. The van der Waals surface area contributed by atoms with Gasteiger partial charge >= 0.3 is 11.8 Å². The van der Waals surface area contributed by atoms with Crippen molar-refractivity contribution in [2.24, 2.45) is 5.92 Å². The fraction of sp³-hybridized carbons (Fsp3) is 0.600. The van der Waals surface area contributed by atoms with E-state index in [1.165, 1.54) is 38.5 Å². The molecule has 2 amide bonds. The summed E-state index contributed by atoms with van der Waals surface area (Å²) in [5, 5.41) is 2.72. The molecular weight excluding hydrogens is 300 g/mol. The molecule has 0 spiro atoms. The van der Waals surface area contributed by atoms with Crippen LogP contribution < -0.4 is 5.32 Å². The average Bonchev–Trinajstić information content (AvgIpc) is 2.63. The third-order valence-electron chi connectivity index (χ3n) is 5.46. The first kappa shape index (κ1) is 17.0. The molecule has 1 aliphatic carbocycles. The van der Waals surface area contributed by atoms with Crippen LogP contribution in [0.15, 0.2) is 30.3 Å². The molecule has 1 aromatic rings. The highest BCUT2D eigenvalue weighted by Crippen LogP contribution is 2.28. The molecule has 0 radical (unpaired) electrons. The topological polar surface area (TPSA) is 49.4 Å². The van der Waals surface area contributed by atoms with E-state index in [0.29, 0.717) is 13.1 Å². The van der Waals surface area contributed by atoms with Crippen molar-refractivity contribution in [2.75, 3.05) is 13.1 Å². The second-order valence-electron chi connectivity index (χ2n) is 7.13. The summed E-state index contributed by atoms with van der Waals surface area (Å²) in [7, 11) is 0. The predicted molar refractivity (Wildman–Crippen MR) is 94.3 cm³/mol. The van der Waals surface area contributed by atoms with Crippen LogP contribution in [-0.4, -0.2) is 29.8 Å². The van der Waals surface area contributed by atoms with E-state index in [1.807, 2.05) is 30.3 Å². The number of hydrogen-bond donors (Lipinski definition) is 1. The Labute approximate surface area is 144 Å². The van der Waals surface area contributed by atoms with Crippen LogP contribution >= 0.6 is 0 Å². The van der Waals surface area contributed by atoms with Gasteiger partial charge in [0.05, 0.1) is 6.04 Å². The molecule has 24 heavy (non-hydrogen) atoms. The molecule has 1 N–H and O–H groups in total. The zero-order valence-corrected chi connectivity index (χ0v) is 14.4. The van der Waals surface area contributed by atoms with Gasteiger partial charge < -0.3 is 10.2 Å². The summed E-state index contributed by atoms with van der Waals surface area (Å²) in [6.45, 7) is 1.19. The summed E-state index contributed by atoms with van der Waals surface area (Å²) in [5.74, 6) is 0.0336. The van der Waals surface area contributed by atoms with E-state index < -0.39 is 5.91 Å². The Morgan fingerprint density at radius 1 is 1.00 bits per heavy atom. The third kappa shape index (κ3) is 4.16. The van der Waals surface area contributed by atoms with E-state index in [4.69, 9.17) is 0 Å². The predicted octanol–water partition coefficient (Wildman–Crippen LogP) is 3.44. The summed E-state index contributed by atoms with van der Waals surface area (Å²) < 4.78 is 0. The first-order valence-corrected chi connectivity index (χ1v) is 9.39. The molecule has 1 atom stereocenters. The normalized spacial score (nSPS) is 22.5. The molecule has 4 heteroatoms. The lowest BCUT2D eigenvalue weighted by molar-refractivity contribution is -0.150. The van der Waals surface area contributed by atoms with E-state index in [2.05, 4.69) is 5.32 Å². The molecule has 0 unspecified atom stereocenters. The van der Waals surface area contributed by atoms with E-state index in [-0.39, 0.29) is 11.9 Å². The maximum absolute atomic E-state index is 12.3. The lowest BCUT2D eigenvalue weighted by Crippen LogP contribution is -2.54. The van der Waals surface area contributed by atoms with E-state index >= 15 is 0 Å². The zero-order valence-electron chi connectivity index (χ0n) is 14.4. The number of carbonyl (C=O) groups is 2. The van der Waals surface area contributed by atoms with Crippen LogP contribution in [0, 0.1) is 5.92 Å². The molecule has 1 saturated heterocycles. The molecule has 130 valence electrons. The van der Waals surface area contributed by atoms with E-state index in [1.54, 1.807) is 4.90 Å². The lowest BCUT2D eigenvalue weighted by atomic mass is 9.86. The van der Waals surface area contributed by atoms with Gasteiger partial charge in [0.2, 0.25) is 0 Å². The van der Waals surface area contributed by atoms with Gasteiger partial charge in [-0.1, -0.05) is 75.3 Å². The van der Waals surface area contributed by atoms with Crippen molar-refractivity contribution in [3.8, 4) is 0 Å². The minimum absolute atomic E-state index is 0.0360. The molecule has 4 nitrogen and oxygen atoms in total. The van der Waals surface area contributed by atoms with Gasteiger partial charge in [-0.15, -0.1) is 0 Å². The van der Waals surface area contributed by atoms with Gasteiger partial charge in [-0.3, -0.25) is 9.59 Å². The first-order chi connectivity index (χ1) is 11.8. The number of nitrogens with zero attached hydrogens (tertiary/aromatic N) is 1. The summed E-state index contributed by atoms with van der Waals surface area (Å²) in [4.78, 5) is 25.9. The quantitative estimate of drug-likeness (QED) is 0.642. The van der Waals surface area contributed by atoms with Crippen molar-refractivity contribution in [1.82, 2.24) is 10.2 Å². The maximum atomic E-state index is 12.3. The molecule has 2 aliphatic rings. The molecule has 3 rings (SSSR count). The fourth-order valence-electron chi connectivity index (χ4n) is 4.07. The standard InChI is InChI=1S/C20H28N2O2/c23-19-20(24)22(14-8-7-11-16-9-3-1-4-10-16)18(15-21-19)17-12-5-2-6-13-17/h2,5-6,12-13,16,18H,1,3-4,7-11,14-15H2,(H,21,23)/t18-/m1/s1. The summed E-state index contributed by atoms with van der Waals surface area (Å²) in [6, 6.07) is 9.97. The van der Waals surface area contributed by atoms with Gasteiger partial charge in [-0.2, -0.15) is 0 Å². The minimum Gasteiger partial charge on any atom is -0.345 e. The highest BCUT2D eigenvalue weighted by atomic mass is 16.2. The Bertz CT molecular complexity index is 552. The van der Waals surface area contributed by atoms with Crippen LogP contribution in [0.25, 0.3) is 0 Å². The Kier molecular flexibility index (Phi) is 5.89. The third-order valence-corrected chi connectivity index (χ3v) is 5.46. The number of benzene rings is 1. The van der Waals surface area contributed by atoms with Crippen LogP contribution in [0.1, 0.15) is 63.0 Å². The van der Waals surface area contributed by atoms with Crippen LogP contribution in [0.5, 0.6) is 0 Å². The molecule has 0 bridgehead atoms. The molecule has 1 aliphatic heterocycles. The van der Waals surface area contributed by atoms with Crippen LogP contribution in [0.3, 0.4) is 0 Å². The number of unbranched alkanes of at least 4 members (excludes halogenated alkanes) is 1. The molecule has 1 saturated carbocycles. The highest BCUT2D eigenvalue weighted by Gasteiger charge is 2.34.